The largest absolute Gasteiger partial charge is 0.497 e. The van der Waals surface area contributed by atoms with E-state index in [0.29, 0.717) is 6.42 Å². The average Bonchev–Trinajstić information content (AvgIpc) is 2.44. The molecule has 1 atom stereocenters. The zero-order chi connectivity index (χ0) is 14.7. The van der Waals surface area contributed by atoms with Crippen molar-refractivity contribution in [2.75, 3.05) is 7.11 Å². The maximum Gasteiger partial charge on any atom is 0.145 e. The predicted octanol–water partition coefficient (Wildman–Crippen LogP) is 3.98. The van der Waals surface area contributed by atoms with Crippen LogP contribution in [0.25, 0.3) is 0 Å². The van der Waals surface area contributed by atoms with E-state index in [-0.39, 0.29) is 10.0 Å². The van der Waals surface area contributed by atoms with Crippen LogP contribution in [-0.2, 0) is 6.42 Å². The first-order chi connectivity index (χ1) is 9.52. The molecule has 0 aliphatic heterocycles. The molecule has 0 aliphatic carbocycles. The summed E-state index contributed by atoms with van der Waals surface area (Å²) in [4.78, 5) is 0. The molecule has 2 N–H and O–H groups in total. The summed E-state index contributed by atoms with van der Waals surface area (Å²) in [7, 11) is 1.58. The molecule has 0 fully saturated rings. The molecular formula is C15H14BrF2NO. The van der Waals surface area contributed by atoms with Gasteiger partial charge in [-0.1, -0.05) is 12.1 Å². The van der Waals surface area contributed by atoms with Crippen LogP contribution in [0.3, 0.4) is 0 Å². The second-order valence-corrected chi connectivity index (χ2v) is 5.27. The molecule has 0 radical (unpaired) electrons. The van der Waals surface area contributed by atoms with Crippen LogP contribution in [0.1, 0.15) is 17.2 Å². The topological polar surface area (TPSA) is 35.2 Å². The highest BCUT2D eigenvalue weighted by Gasteiger charge is 2.19. The molecular weight excluding hydrogens is 328 g/mol. The highest BCUT2D eigenvalue weighted by atomic mass is 79.9. The number of nitrogens with two attached hydrogens (primary N) is 1. The minimum Gasteiger partial charge on any atom is -0.497 e. The van der Waals surface area contributed by atoms with Gasteiger partial charge in [0.1, 0.15) is 17.4 Å². The standard InChI is InChI=1S/C15H14BrF2NO/c1-20-10-4-2-9(3-5-10)8-13(19)14-12(17)7-6-11(16)15(14)18/h2-7,13H,8,19H2,1H3. The molecule has 0 saturated heterocycles. The molecule has 0 heterocycles. The molecule has 0 aliphatic rings. The Balaban J connectivity index is 2.23. The number of rotatable bonds is 4. The van der Waals surface area contributed by atoms with Gasteiger partial charge in [-0.15, -0.1) is 0 Å². The van der Waals surface area contributed by atoms with E-state index in [1.807, 2.05) is 12.1 Å². The first kappa shape index (κ1) is 14.9. The summed E-state index contributed by atoms with van der Waals surface area (Å²) in [5.41, 5.74) is 6.72. The third kappa shape index (κ3) is 3.16. The van der Waals surface area contributed by atoms with Gasteiger partial charge in [0, 0.05) is 11.6 Å². The Morgan fingerprint density at radius 3 is 2.40 bits per heavy atom. The van der Waals surface area contributed by atoms with Gasteiger partial charge < -0.3 is 10.5 Å². The molecule has 20 heavy (non-hydrogen) atoms. The molecule has 2 aromatic rings. The van der Waals surface area contributed by atoms with E-state index < -0.39 is 17.7 Å². The third-order valence-electron chi connectivity index (χ3n) is 3.06. The van der Waals surface area contributed by atoms with Crippen LogP contribution in [0.5, 0.6) is 5.75 Å². The normalized spacial score (nSPS) is 12.2. The monoisotopic (exact) mass is 341 g/mol. The fraction of sp³-hybridized carbons (Fsp3) is 0.200. The van der Waals surface area contributed by atoms with E-state index >= 15 is 0 Å². The van der Waals surface area contributed by atoms with Gasteiger partial charge in [-0.2, -0.15) is 0 Å². The molecule has 2 nitrogen and oxygen atoms in total. The molecule has 106 valence electrons. The lowest BCUT2D eigenvalue weighted by Gasteiger charge is -2.15. The first-order valence-corrected chi connectivity index (χ1v) is 6.84. The molecule has 0 saturated carbocycles. The van der Waals surface area contributed by atoms with E-state index in [2.05, 4.69) is 15.9 Å². The fourth-order valence-electron chi connectivity index (χ4n) is 2.00. The molecule has 0 spiro atoms. The highest BCUT2D eigenvalue weighted by Crippen LogP contribution is 2.27. The molecule has 0 aromatic heterocycles. The lowest BCUT2D eigenvalue weighted by atomic mass is 9.98. The number of ether oxygens (including phenoxy) is 1. The Bertz CT molecular complexity index is 602. The number of methoxy groups -OCH3 is 1. The summed E-state index contributed by atoms with van der Waals surface area (Å²) in [5, 5.41) is 0. The minimum atomic E-state index is -0.749. The number of hydrogen-bond acceptors (Lipinski definition) is 2. The van der Waals surface area contributed by atoms with Crippen molar-refractivity contribution in [2.24, 2.45) is 5.73 Å². The van der Waals surface area contributed by atoms with Crippen molar-refractivity contribution in [1.29, 1.82) is 0 Å². The smallest absolute Gasteiger partial charge is 0.145 e. The van der Waals surface area contributed by atoms with Crippen LogP contribution in [0.15, 0.2) is 40.9 Å². The summed E-state index contributed by atoms with van der Waals surface area (Å²) < 4.78 is 33.0. The molecule has 0 amide bonds. The van der Waals surface area contributed by atoms with E-state index in [4.69, 9.17) is 10.5 Å². The first-order valence-electron chi connectivity index (χ1n) is 6.05. The van der Waals surface area contributed by atoms with Gasteiger partial charge in [0.15, 0.2) is 0 Å². The molecule has 5 heteroatoms. The summed E-state index contributed by atoms with van der Waals surface area (Å²) >= 11 is 3.04. The SMILES string of the molecule is COc1ccc(CC(N)c2c(F)ccc(Br)c2F)cc1. The van der Waals surface area contributed by atoms with E-state index in [1.54, 1.807) is 19.2 Å². The maximum absolute atomic E-state index is 13.9. The zero-order valence-electron chi connectivity index (χ0n) is 10.9. The number of hydrogen-bond donors (Lipinski definition) is 1. The van der Waals surface area contributed by atoms with Crippen LogP contribution < -0.4 is 10.5 Å². The zero-order valence-corrected chi connectivity index (χ0v) is 12.5. The van der Waals surface area contributed by atoms with Gasteiger partial charge in [-0.05, 0) is 52.2 Å². The summed E-state index contributed by atoms with van der Waals surface area (Å²) in [6.07, 6.45) is 0.342. The summed E-state index contributed by atoms with van der Waals surface area (Å²) in [6.45, 7) is 0. The minimum absolute atomic E-state index is 0.102. The van der Waals surface area contributed by atoms with E-state index in [1.165, 1.54) is 12.1 Å². The lowest BCUT2D eigenvalue weighted by molar-refractivity contribution is 0.414. The van der Waals surface area contributed by atoms with E-state index in [0.717, 1.165) is 11.3 Å². The Labute approximate surface area is 124 Å². The van der Waals surface area contributed by atoms with Crippen molar-refractivity contribution in [3.8, 4) is 5.75 Å². The quantitative estimate of drug-likeness (QED) is 0.853. The van der Waals surface area contributed by atoms with Crippen molar-refractivity contribution < 1.29 is 13.5 Å². The van der Waals surface area contributed by atoms with Gasteiger partial charge in [-0.25, -0.2) is 8.78 Å². The van der Waals surface area contributed by atoms with Gasteiger partial charge >= 0.3 is 0 Å². The molecule has 1 unspecified atom stereocenters. The van der Waals surface area contributed by atoms with Crippen LogP contribution in [-0.4, -0.2) is 7.11 Å². The van der Waals surface area contributed by atoms with Crippen LogP contribution >= 0.6 is 15.9 Å². The Hall–Kier alpha value is -1.46. The van der Waals surface area contributed by atoms with Crippen LogP contribution in [0.4, 0.5) is 8.78 Å². The molecule has 2 aromatic carbocycles. The molecule has 0 bridgehead atoms. The lowest BCUT2D eigenvalue weighted by Crippen LogP contribution is -2.17. The third-order valence-corrected chi connectivity index (χ3v) is 3.68. The Kier molecular flexibility index (Phi) is 4.73. The second-order valence-electron chi connectivity index (χ2n) is 4.42. The van der Waals surface area contributed by atoms with Crippen molar-refractivity contribution in [3.63, 3.8) is 0 Å². The molecule has 2 rings (SSSR count). The number of halogens is 3. The van der Waals surface area contributed by atoms with Crippen LogP contribution in [0, 0.1) is 11.6 Å². The van der Waals surface area contributed by atoms with Gasteiger partial charge in [-0.3, -0.25) is 0 Å². The van der Waals surface area contributed by atoms with Gasteiger partial charge in [0.25, 0.3) is 0 Å². The average molecular weight is 342 g/mol. The summed E-state index contributed by atoms with van der Waals surface area (Å²) in [6, 6.07) is 9.01. The second kappa shape index (κ2) is 6.33. The van der Waals surface area contributed by atoms with Crippen molar-refractivity contribution in [3.05, 3.63) is 63.6 Å². The van der Waals surface area contributed by atoms with Gasteiger partial charge in [0.2, 0.25) is 0 Å². The fourth-order valence-corrected chi connectivity index (χ4v) is 2.35. The highest BCUT2D eigenvalue weighted by molar-refractivity contribution is 9.10. The van der Waals surface area contributed by atoms with Crippen LogP contribution in [0.2, 0.25) is 0 Å². The maximum atomic E-state index is 13.9. The number of benzene rings is 2. The van der Waals surface area contributed by atoms with Crippen molar-refractivity contribution in [2.45, 2.75) is 12.5 Å². The van der Waals surface area contributed by atoms with Crippen molar-refractivity contribution >= 4 is 15.9 Å². The summed E-state index contributed by atoms with van der Waals surface area (Å²) in [5.74, 6) is -0.556. The predicted molar refractivity (Wildman–Crippen MR) is 77.7 cm³/mol. The van der Waals surface area contributed by atoms with E-state index in [9.17, 15) is 8.78 Å². The Morgan fingerprint density at radius 2 is 1.80 bits per heavy atom. The van der Waals surface area contributed by atoms with Crippen molar-refractivity contribution in [1.82, 2.24) is 0 Å². The van der Waals surface area contributed by atoms with Gasteiger partial charge in [0.05, 0.1) is 11.6 Å². The Morgan fingerprint density at radius 1 is 1.15 bits per heavy atom.